The maximum atomic E-state index is 13.1. The number of carboxylic acids is 1. The van der Waals surface area contributed by atoms with Gasteiger partial charge in [0.15, 0.2) is 5.13 Å². The molecular weight excluding hydrogens is 562 g/mol. The van der Waals surface area contributed by atoms with Gasteiger partial charge in [-0.15, -0.1) is 11.3 Å². The molecule has 3 aromatic rings. The Morgan fingerprint density at radius 1 is 1.05 bits per heavy atom. The number of ether oxygens (including phenoxy) is 2. The summed E-state index contributed by atoms with van der Waals surface area (Å²) in [6, 6.07) is 12.0. The number of likely N-dealkylation sites (tertiary alicyclic amines) is 1. The monoisotopic (exact) mass is 603 g/mol. The average molecular weight is 604 g/mol. The lowest BCUT2D eigenvalue weighted by Gasteiger charge is -2.45. The van der Waals surface area contributed by atoms with Gasteiger partial charge in [0.25, 0.3) is 5.91 Å². The molecule has 1 amide bonds. The number of carboxylic acid groups (broad SMARTS) is 1. The number of fused-ring (bicyclic) bond motifs is 2. The first-order chi connectivity index (χ1) is 20.8. The summed E-state index contributed by atoms with van der Waals surface area (Å²) in [5.41, 5.74) is 5.69. The zero-order chi connectivity index (χ0) is 30.1. The molecule has 1 aliphatic carbocycles. The lowest BCUT2D eigenvalue weighted by atomic mass is 9.69. The molecule has 43 heavy (non-hydrogen) atoms. The number of nitrogens with zero attached hydrogens (tertiary/aromatic N) is 3. The molecule has 2 saturated heterocycles. The number of piperidine rings is 1. The molecule has 3 fully saturated rings. The number of carbonyl (C=O) groups is 2. The van der Waals surface area contributed by atoms with Crippen molar-refractivity contribution in [3.63, 3.8) is 0 Å². The van der Waals surface area contributed by atoms with Crippen LogP contribution >= 0.6 is 11.3 Å². The quantitative estimate of drug-likeness (QED) is 0.312. The molecular formula is C34H41N3O5S. The highest BCUT2D eigenvalue weighted by Gasteiger charge is 2.44. The van der Waals surface area contributed by atoms with Crippen LogP contribution in [0.3, 0.4) is 0 Å². The van der Waals surface area contributed by atoms with Crippen molar-refractivity contribution >= 4 is 28.3 Å². The van der Waals surface area contributed by atoms with E-state index >= 15 is 0 Å². The number of aryl methyl sites for hydroxylation is 2. The molecule has 1 aromatic heterocycles. The van der Waals surface area contributed by atoms with E-state index in [-0.39, 0.29) is 29.8 Å². The van der Waals surface area contributed by atoms with E-state index in [1.54, 1.807) is 11.3 Å². The molecule has 8 nitrogen and oxygen atoms in total. The Hall–Kier alpha value is -3.43. The van der Waals surface area contributed by atoms with Gasteiger partial charge in [0, 0.05) is 49.3 Å². The minimum Gasteiger partial charge on any atom is -0.488 e. The number of anilines is 1. The second kappa shape index (κ2) is 12.7. The highest BCUT2D eigenvalue weighted by Crippen LogP contribution is 2.43. The summed E-state index contributed by atoms with van der Waals surface area (Å²) in [5, 5.41) is 12.8. The van der Waals surface area contributed by atoms with E-state index in [4.69, 9.17) is 14.5 Å². The molecule has 1 saturated carbocycles. The summed E-state index contributed by atoms with van der Waals surface area (Å²) in [6.45, 7) is 10.00. The zero-order valence-corrected chi connectivity index (χ0v) is 26.1. The van der Waals surface area contributed by atoms with Crippen LogP contribution in [0.25, 0.3) is 11.3 Å². The number of thiazole rings is 1. The van der Waals surface area contributed by atoms with Crippen LogP contribution in [-0.2, 0) is 16.1 Å². The standard InChI is InChI=1S/C34H41N3O5S/c1-4-41-27-12-13-36(18-27)32(38)23-9-10-26(22(3)15-23)19-42-30-11-8-21(2)14-28(30)29-20-43-34(35-29)37-16-24-6-5-7-25(17-37)31(24)33(39)40/h8-11,14-15,20,24-25,27,31H,4-7,12-13,16-19H2,1-3H3,(H,39,40)/t24-,25+,27?,31?. The smallest absolute Gasteiger partial charge is 0.307 e. The molecule has 3 aliphatic rings. The number of amides is 1. The van der Waals surface area contributed by atoms with Crippen molar-refractivity contribution in [1.29, 1.82) is 0 Å². The maximum Gasteiger partial charge on any atom is 0.307 e. The van der Waals surface area contributed by atoms with Crippen molar-refractivity contribution in [3.8, 4) is 17.0 Å². The van der Waals surface area contributed by atoms with Crippen LogP contribution < -0.4 is 9.64 Å². The van der Waals surface area contributed by atoms with Crippen LogP contribution in [0.2, 0.25) is 0 Å². The van der Waals surface area contributed by atoms with Gasteiger partial charge >= 0.3 is 5.97 Å². The lowest BCUT2D eigenvalue weighted by molar-refractivity contribution is -0.148. The van der Waals surface area contributed by atoms with Crippen LogP contribution in [0.1, 0.15) is 59.7 Å². The zero-order valence-electron chi connectivity index (χ0n) is 25.3. The molecule has 9 heteroatoms. The van der Waals surface area contributed by atoms with E-state index in [2.05, 4.69) is 23.3 Å². The lowest BCUT2D eigenvalue weighted by Crippen LogP contribution is -2.51. The normalized spacial score (nSPS) is 23.4. The number of aromatic nitrogens is 1. The third-order valence-electron chi connectivity index (χ3n) is 9.34. The first kappa shape index (κ1) is 29.6. The predicted molar refractivity (Wildman–Crippen MR) is 168 cm³/mol. The number of benzene rings is 2. The first-order valence-electron chi connectivity index (χ1n) is 15.5. The van der Waals surface area contributed by atoms with Crippen molar-refractivity contribution in [1.82, 2.24) is 9.88 Å². The molecule has 228 valence electrons. The fourth-order valence-electron chi connectivity index (χ4n) is 7.11. The average Bonchev–Trinajstić information content (AvgIpc) is 3.67. The molecule has 2 aliphatic heterocycles. The van der Waals surface area contributed by atoms with Crippen LogP contribution in [0, 0.1) is 31.6 Å². The van der Waals surface area contributed by atoms with Gasteiger partial charge in [-0.2, -0.15) is 0 Å². The van der Waals surface area contributed by atoms with Crippen LogP contribution in [-0.4, -0.2) is 65.8 Å². The Morgan fingerprint density at radius 3 is 2.56 bits per heavy atom. The second-order valence-corrected chi connectivity index (χ2v) is 13.1. The molecule has 6 rings (SSSR count). The van der Waals surface area contributed by atoms with Crippen molar-refractivity contribution in [2.75, 3.05) is 37.7 Å². The highest BCUT2D eigenvalue weighted by atomic mass is 32.1. The van der Waals surface area contributed by atoms with Gasteiger partial charge in [-0.3, -0.25) is 9.59 Å². The number of hydrogen-bond acceptors (Lipinski definition) is 7. The number of rotatable bonds is 9. The summed E-state index contributed by atoms with van der Waals surface area (Å²) >= 11 is 1.62. The maximum absolute atomic E-state index is 13.1. The van der Waals surface area contributed by atoms with Crippen molar-refractivity contribution < 1.29 is 24.2 Å². The van der Waals surface area contributed by atoms with E-state index in [1.807, 2.05) is 49.1 Å². The van der Waals surface area contributed by atoms with E-state index in [0.717, 1.165) is 84.1 Å². The van der Waals surface area contributed by atoms with E-state index in [9.17, 15) is 14.7 Å². The molecule has 0 spiro atoms. The fourth-order valence-corrected chi connectivity index (χ4v) is 7.96. The Kier molecular flexibility index (Phi) is 8.73. The van der Waals surface area contributed by atoms with Gasteiger partial charge in [-0.05, 0) is 87.3 Å². The Bertz CT molecular complexity index is 1470. The van der Waals surface area contributed by atoms with Gasteiger partial charge in [-0.1, -0.05) is 24.1 Å². The SMILES string of the molecule is CCOC1CCN(C(=O)c2ccc(COc3ccc(C)cc3-c3csc(N4C[C@H]5CCC[C@@H](C4)C5C(=O)O)n3)c(C)c2)C1. The molecule has 0 radical (unpaired) electrons. The summed E-state index contributed by atoms with van der Waals surface area (Å²) in [4.78, 5) is 34.2. The van der Waals surface area contributed by atoms with Gasteiger partial charge in [0.2, 0.25) is 0 Å². The highest BCUT2D eigenvalue weighted by molar-refractivity contribution is 7.14. The van der Waals surface area contributed by atoms with Crippen LogP contribution in [0.5, 0.6) is 5.75 Å². The third-order valence-corrected chi connectivity index (χ3v) is 10.2. The largest absolute Gasteiger partial charge is 0.488 e. The van der Waals surface area contributed by atoms with Crippen molar-refractivity contribution in [3.05, 3.63) is 64.0 Å². The minimum atomic E-state index is -0.644. The Morgan fingerprint density at radius 2 is 1.84 bits per heavy atom. The van der Waals surface area contributed by atoms with Crippen LogP contribution in [0.15, 0.2) is 41.8 Å². The van der Waals surface area contributed by atoms with E-state index in [1.165, 1.54) is 0 Å². The Labute approximate surface area is 257 Å². The second-order valence-electron chi connectivity index (χ2n) is 12.3. The summed E-state index contributed by atoms with van der Waals surface area (Å²) in [5.74, 6) is 0.306. The number of aliphatic carboxylic acids is 1. The summed E-state index contributed by atoms with van der Waals surface area (Å²) < 4.78 is 12.1. The minimum absolute atomic E-state index is 0.0498. The van der Waals surface area contributed by atoms with Gasteiger partial charge in [-0.25, -0.2) is 4.98 Å². The first-order valence-corrected chi connectivity index (χ1v) is 16.4. The number of hydrogen-bond donors (Lipinski definition) is 1. The molecule has 1 N–H and O–H groups in total. The molecule has 2 bridgehead atoms. The molecule has 3 heterocycles. The third kappa shape index (κ3) is 6.29. The molecule has 2 aromatic carbocycles. The molecule has 4 atom stereocenters. The summed E-state index contributed by atoms with van der Waals surface area (Å²) in [6.07, 6.45) is 4.07. The van der Waals surface area contributed by atoms with E-state index < -0.39 is 5.97 Å². The topological polar surface area (TPSA) is 92.2 Å². The Balaban J connectivity index is 1.14. The van der Waals surface area contributed by atoms with Crippen LogP contribution in [0.4, 0.5) is 5.13 Å². The van der Waals surface area contributed by atoms with E-state index in [0.29, 0.717) is 25.3 Å². The van der Waals surface area contributed by atoms with Crippen molar-refractivity contribution in [2.24, 2.45) is 17.8 Å². The predicted octanol–water partition coefficient (Wildman–Crippen LogP) is 6.19. The van der Waals surface area contributed by atoms with Gasteiger partial charge in [0.1, 0.15) is 12.4 Å². The van der Waals surface area contributed by atoms with Gasteiger partial charge in [0.05, 0.1) is 17.7 Å². The summed E-state index contributed by atoms with van der Waals surface area (Å²) in [7, 11) is 0. The molecule has 2 unspecified atom stereocenters. The number of carbonyl (C=O) groups excluding carboxylic acids is 1. The van der Waals surface area contributed by atoms with Crippen molar-refractivity contribution in [2.45, 2.75) is 59.2 Å². The fraction of sp³-hybridized carbons (Fsp3) is 0.500. The van der Waals surface area contributed by atoms with Gasteiger partial charge < -0.3 is 24.4 Å².